The molecule has 0 spiro atoms. The van der Waals surface area contributed by atoms with Crippen molar-refractivity contribution in [1.29, 1.82) is 0 Å². The molecule has 0 bridgehead atoms. The van der Waals surface area contributed by atoms with Crippen LogP contribution in [0, 0.1) is 5.92 Å². The molecule has 3 heterocycles. The maximum absolute atomic E-state index is 11.9. The van der Waals surface area contributed by atoms with Gasteiger partial charge >= 0.3 is 29.6 Å². The fraction of sp³-hybridized carbons (Fsp3) is 0.667. The molecular formula is C12H14NNaO5S. The third-order valence-corrected chi connectivity index (χ3v) is 5.20. The Labute approximate surface area is 142 Å². The van der Waals surface area contributed by atoms with Crippen molar-refractivity contribution in [2.45, 2.75) is 37.3 Å². The molecule has 20 heavy (non-hydrogen) atoms. The molecule has 104 valence electrons. The summed E-state index contributed by atoms with van der Waals surface area (Å²) in [6, 6.07) is 0. The second kappa shape index (κ2) is 5.98. The second-order valence-electron chi connectivity index (χ2n) is 4.99. The van der Waals surface area contributed by atoms with Gasteiger partial charge < -0.3 is 19.7 Å². The van der Waals surface area contributed by atoms with E-state index in [2.05, 4.69) is 0 Å². The quantitative estimate of drug-likeness (QED) is 0.423. The number of carbonyl (C=O) groups is 2. The summed E-state index contributed by atoms with van der Waals surface area (Å²) in [5.74, 6) is -2.24. The number of nitrogens with zero attached hydrogens (tertiary/aromatic N) is 1. The Kier molecular flexibility index (Phi) is 4.88. The molecule has 0 radical (unpaired) electrons. The zero-order valence-corrected chi connectivity index (χ0v) is 14.2. The molecule has 4 atom stereocenters. The van der Waals surface area contributed by atoms with E-state index >= 15 is 0 Å². The van der Waals surface area contributed by atoms with Crippen LogP contribution in [-0.2, 0) is 14.3 Å². The Balaban J connectivity index is 0.00000147. The van der Waals surface area contributed by atoms with Crippen molar-refractivity contribution < 1.29 is 54.1 Å². The number of amides is 1. The van der Waals surface area contributed by atoms with Gasteiger partial charge in [-0.1, -0.05) is 11.8 Å². The summed E-state index contributed by atoms with van der Waals surface area (Å²) in [6.45, 7) is 2.15. The number of carboxylic acid groups (broad SMARTS) is 1. The number of β-lactam (4-membered cyclic amide) rings is 1. The average Bonchev–Trinajstić information content (AvgIpc) is 2.92. The van der Waals surface area contributed by atoms with Gasteiger partial charge in [-0.25, -0.2) is 0 Å². The number of ether oxygens (including phenoxy) is 1. The maximum Gasteiger partial charge on any atom is 1.00 e. The van der Waals surface area contributed by atoms with E-state index in [1.54, 1.807) is 6.92 Å². The molecule has 6 nitrogen and oxygen atoms in total. The molecule has 0 aromatic carbocycles. The van der Waals surface area contributed by atoms with Crippen LogP contribution in [0.3, 0.4) is 0 Å². The first-order valence-electron chi connectivity index (χ1n) is 6.27. The van der Waals surface area contributed by atoms with Crippen molar-refractivity contribution in [2.75, 3.05) is 6.61 Å². The summed E-state index contributed by atoms with van der Waals surface area (Å²) >= 11 is 1.31. The molecule has 1 N–H and O–H groups in total. The molecule has 3 aliphatic rings. The van der Waals surface area contributed by atoms with Gasteiger partial charge in [-0.05, 0) is 19.8 Å². The van der Waals surface area contributed by atoms with Crippen LogP contribution in [0.5, 0.6) is 0 Å². The van der Waals surface area contributed by atoms with Crippen LogP contribution in [0.25, 0.3) is 0 Å². The standard InChI is InChI=1S/C12H15NO5S.Na/c1-5(14)7-10(15)13-8(12(16)17)9(19-11(7)13)6-3-2-4-18-6;/h5-7,11,14H,2-4H2,1H3,(H,16,17);/q;+1/p-1/t5-,6-,7+,11+;/m1./s1. The van der Waals surface area contributed by atoms with Crippen LogP contribution >= 0.6 is 11.8 Å². The van der Waals surface area contributed by atoms with Crippen LogP contribution in [-0.4, -0.2) is 46.1 Å². The van der Waals surface area contributed by atoms with Gasteiger partial charge in [0.05, 0.1) is 29.8 Å². The molecule has 8 heteroatoms. The van der Waals surface area contributed by atoms with Gasteiger partial charge in [0, 0.05) is 11.5 Å². The predicted octanol–water partition coefficient (Wildman–Crippen LogP) is -3.96. The minimum Gasteiger partial charge on any atom is -0.543 e. The Morgan fingerprint density at radius 2 is 2.30 bits per heavy atom. The number of thioether (sulfide) groups is 1. The predicted molar refractivity (Wildman–Crippen MR) is 64.4 cm³/mol. The molecule has 0 unspecified atom stereocenters. The Hall–Kier alpha value is -0.0500. The van der Waals surface area contributed by atoms with Crippen LogP contribution in [0.2, 0.25) is 0 Å². The molecule has 3 rings (SSSR count). The number of rotatable bonds is 3. The van der Waals surface area contributed by atoms with E-state index < -0.39 is 18.0 Å². The van der Waals surface area contributed by atoms with Gasteiger partial charge in [-0.2, -0.15) is 0 Å². The number of aliphatic carboxylic acids is 1. The number of fused-ring (bicyclic) bond motifs is 1. The molecule has 0 aromatic heterocycles. The summed E-state index contributed by atoms with van der Waals surface area (Å²) in [5, 5.41) is 20.5. The van der Waals surface area contributed by atoms with Crippen molar-refractivity contribution in [3.63, 3.8) is 0 Å². The van der Waals surface area contributed by atoms with Crippen molar-refractivity contribution in [3.05, 3.63) is 10.6 Å². The third-order valence-electron chi connectivity index (χ3n) is 3.74. The van der Waals surface area contributed by atoms with Crippen LogP contribution < -0.4 is 34.7 Å². The van der Waals surface area contributed by atoms with E-state index in [1.165, 1.54) is 16.7 Å². The van der Waals surface area contributed by atoms with Crippen molar-refractivity contribution in [1.82, 2.24) is 4.90 Å². The van der Waals surface area contributed by atoms with Crippen molar-refractivity contribution in [3.8, 4) is 0 Å². The second-order valence-corrected chi connectivity index (χ2v) is 6.14. The van der Waals surface area contributed by atoms with E-state index in [0.29, 0.717) is 11.5 Å². The monoisotopic (exact) mass is 307 g/mol. The minimum atomic E-state index is -1.35. The summed E-state index contributed by atoms with van der Waals surface area (Å²) < 4.78 is 5.50. The minimum absolute atomic E-state index is 0. The number of carbonyl (C=O) groups excluding carboxylic acids is 2. The Bertz CT molecular complexity index is 474. The summed E-state index contributed by atoms with van der Waals surface area (Å²) in [5.41, 5.74) is -0.0659. The molecule has 2 fully saturated rings. The normalized spacial score (nSPS) is 33.6. The van der Waals surface area contributed by atoms with E-state index in [-0.39, 0.29) is 52.6 Å². The molecule has 0 saturated carbocycles. The van der Waals surface area contributed by atoms with E-state index in [4.69, 9.17) is 4.74 Å². The fourth-order valence-corrected chi connectivity index (χ4v) is 4.51. The SMILES string of the molecule is C[C@@H](O)[C@H]1C(=O)N2C(C(=O)[O-])=C([C@H]3CCCO3)S[C@@H]12.[Na+]. The molecule has 2 saturated heterocycles. The Morgan fingerprint density at radius 3 is 2.80 bits per heavy atom. The Morgan fingerprint density at radius 1 is 1.60 bits per heavy atom. The van der Waals surface area contributed by atoms with Gasteiger partial charge in [0.1, 0.15) is 5.37 Å². The summed E-state index contributed by atoms with van der Waals surface area (Å²) in [7, 11) is 0. The van der Waals surface area contributed by atoms with Gasteiger partial charge in [0.2, 0.25) is 5.91 Å². The zero-order valence-electron chi connectivity index (χ0n) is 11.4. The molecule has 3 aliphatic heterocycles. The van der Waals surface area contributed by atoms with Gasteiger partial charge in [-0.15, -0.1) is 0 Å². The van der Waals surface area contributed by atoms with Crippen molar-refractivity contribution >= 4 is 23.6 Å². The topological polar surface area (TPSA) is 89.9 Å². The van der Waals surface area contributed by atoms with E-state index in [0.717, 1.165) is 12.8 Å². The number of hydrogen-bond acceptors (Lipinski definition) is 6. The van der Waals surface area contributed by atoms with Crippen LogP contribution in [0.4, 0.5) is 0 Å². The zero-order chi connectivity index (χ0) is 13.7. The smallest absolute Gasteiger partial charge is 0.543 e. The fourth-order valence-electron chi connectivity index (χ4n) is 2.81. The van der Waals surface area contributed by atoms with E-state index in [9.17, 15) is 19.8 Å². The first kappa shape index (κ1) is 16.3. The molecule has 1 amide bonds. The first-order chi connectivity index (χ1) is 9.02. The molecule has 0 aliphatic carbocycles. The van der Waals surface area contributed by atoms with Crippen molar-refractivity contribution in [2.24, 2.45) is 5.92 Å². The third kappa shape index (κ3) is 2.34. The van der Waals surface area contributed by atoms with Gasteiger partial charge in [0.15, 0.2) is 0 Å². The van der Waals surface area contributed by atoms with E-state index in [1.807, 2.05) is 0 Å². The van der Waals surface area contributed by atoms with Gasteiger partial charge in [-0.3, -0.25) is 9.69 Å². The number of carboxylic acids is 1. The maximum atomic E-state index is 11.9. The number of aliphatic hydroxyl groups is 1. The molecular weight excluding hydrogens is 293 g/mol. The molecule has 0 aromatic rings. The average molecular weight is 307 g/mol. The summed E-state index contributed by atoms with van der Waals surface area (Å²) in [4.78, 5) is 25.0. The first-order valence-corrected chi connectivity index (χ1v) is 7.15. The van der Waals surface area contributed by atoms with Crippen LogP contribution in [0.1, 0.15) is 19.8 Å². The van der Waals surface area contributed by atoms with Crippen LogP contribution in [0.15, 0.2) is 10.6 Å². The number of aliphatic hydroxyl groups excluding tert-OH is 1. The van der Waals surface area contributed by atoms with Gasteiger partial charge in [0.25, 0.3) is 0 Å². The number of hydrogen-bond donors (Lipinski definition) is 1. The summed E-state index contributed by atoms with van der Waals surface area (Å²) in [6.07, 6.45) is 0.597. The largest absolute Gasteiger partial charge is 1.00 e.